The lowest BCUT2D eigenvalue weighted by atomic mass is 10.1. The first-order valence-electron chi connectivity index (χ1n) is 5.77. The lowest BCUT2D eigenvalue weighted by Gasteiger charge is -2.14. The largest absolute Gasteiger partial charge is 0.267 e. The third-order valence-electron chi connectivity index (χ3n) is 2.18. The van der Waals surface area contributed by atoms with Gasteiger partial charge >= 0.3 is 0 Å². The second-order valence-electron chi connectivity index (χ2n) is 3.88. The van der Waals surface area contributed by atoms with Crippen molar-refractivity contribution < 1.29 is 12.6 Å². The molecule has 0 amide bonds. The summed E-state index contributed by atoms with van der Waals surface area (Å²) in [5, 5.41) is 0. The minimum atomic E-state index is -3.32. The molecule has 0 heterocycles. The van der Waals surface area contributed by atoms with Crippen LogP contribution >= 0.6 is 0 Å². The zero-order chi connectivity index (χ0) is 12.4. The highest BCUT2D eigenvalue weighted by molar-refractivity contribution is 7.86. The molecule has 0 aliphatic carbocycles. The predicted molar refractivity (Wildman–Crippen MR) is 66.5 cm³/mol. The van der Waals surface area contributed by atoms with E-state index in [1.807, 2.05) is 13.8 Å². The fourth-order valence-corrected chi connectivity index (χ4v) is 2.21. The van der Waals surface area contributed by atoms with Crippen molar-refractivity contribution in [1.29, 1.82) is 0 Å². The summed E-state index contributed by atoms with van der Waals surface area (Å²) in [4.78, 5) is 0. The normalized spacial score (nSPS) is 12.9. The van der Waals surface area contributed by atoms with Crippen molar-refractivity contribution in [2.45, 2.75) is 58.5 Å². The Balaban J connectivity index is 3.88. The van der Waals surface area contributed by atoms with E-state index >= 15 is 0 Å². The molecule has 1 atom stereocenters. The van der Waals surface area contributed by atoms with Crippen LogP contribution in [0.25, 0.3) is 0 Å². The minimum Gasteiger partial charge on any atom is -0.267 e. The summed E-state index contributed by atoms with van der Waals surface area (Å²) in [6.45, 7) is 3.86. The fraction of sp³-hybridized carbons (Fsp3) is 0.833. The van der Waals surface area contributed by atoms with E-state index in [4.69, 9.17) is 4.18 Å². The zero-order valence-corrected chi connectivity index (χ0v) is 11.3. The quantitative estimate of drug-likeness (QED) is 0.376. The van der Waals surface area contributed by atoms with E-state index in [0.29, 0.717) is 0 Å². The van der Waals surface area contributed by atoms with E-state index in [-0.39, 0.29) is 6.10 Å². The molecule has 0 aliphatic heterocycles. The molecule has 0 N–H and O–H groups in total. The van der Waals surface area contributed by atoms with Gasteiger partial charge in [-0.05, 0) is 32.6 Å². The topological polar surface area (TPSA) is 43.4 Å². The Morgan fingerprint density at radius 1 is 1.25 bits per heavy atom. The fourth-order valence-electron chi connectivity index (χ4n) is 1.52. The van der Waals surface area contributed by atoms with Crippen molar-refractivity contribution in [3.8, 4) is 11.8 Å². The Morgan fingerprint density at radius 2 is 1.94 bits per heavy atom. The van der Waals surface area contributed by atoms with Gasteiger partial charge in [0.2, 0.25) is 0 Å². The highest BCUT2D eigenvalue weighted by atomic mass is 32.2. The van der Waals surface area contributed by atoms with Gasteiger partial charge in [0, 0.05) is 6.42 Å². The van der Waals surface area contributed by atoms with E-state index in [1.54, 1.807) is 0 Å². The van der Waals surface area contributed by atoms with Crippen molar-refractivity contribution in [3.63, 3.8) is 0 Å². The van der Waals surface area contributed by atoms with Crippen LogP contribution in [0, 0.1) is 11.8 Å². The van der Waals surface area contributed by atoms with Crippen LogP contribution in [0.4, 0.5) is 0 Å². The molecule has 0 aliphatic rings. The Hall–Kier alpha value is -0.530. The van der Waals surface area contributed by atoms with Gasteiger partial charge in [-0.2, -0.15) is 8.42 Å². The molecule has 1 unspecified atom stereocenters. The monoisotopic (exact) mass is 246 g/mol. The standard InChI is InChI=1S/C12H22O3S/c1-4-6-7-8-9-11-12(10-5-2)15-16(3,13)14/h12H,5,7-11H2,1-3H3. The first kappa shape index (κ1) is 15.5. The van der Waals surface area contributed by atoms with Crippen LogP contribution in [-0.4, -0.2) is 20.8 Å². The van der Waals surface area contributed by atoms with Crippen molar-refractivity contribution in [1.82, 2.24) is 0 Å². The Bertz CT molecular complexity index is 322. The Kier molecular flexibility index (Phi) is 8.32. The maximum atomic E-state index is 11.0. The van der Waals surface area contributed by atoms with Gasteiger partial charge in [-0.3, -0.25) is 4.18 Å². The summed E-state index contributed by atoms with van der Waals surface area (Å²) in [7, 11) is -3.32. The number of unbranched alkanes of at least 4 members (excludes halogenated alkanes) is 2. The smallest absolute Gasteiger partial charge is 0.264 e. The molecule has 0 fully saturated rings. The summed E-state index contributed by atoms with van der Waals surface area (Å²) in [6, 6.07) is 0. The zero-order valence-electron chi connectivity index (χ0n) is 10.5. The van der Waals surface area contributed by atoms with Crippen molar-refractivity contribution in [2.75, 3.05) is 6.26 Å². The third-order valence-corrected chi connectivity index (χ3v) is 2.80. The van der Waals surface area contributed by atoms with Crippen LogP contribution in [0.2, 0.25) is 0 Å². The Labute approximate surface area is 99.7 Å². The Morgan fingerprint density at radius 3 is 2.44 bits per heavy atom. The second-order valence-corrected chi connectivity index (χ2v) is 5.48. The minimum absolute atomic E-state index is 0.158. The maximum Gasteiger partial charge on any atom is 0.264 e. The van der Waals surface area contributed by atoms with Crippen LogP contribution in [0.15, 0.2) is 0 Å². The van der Waals surface area contributed by atoms with Crippen LogP contribution < -0.4 is 0 Å². The van der Waals surface area contributed by atoms with Gasteiger partial charge in [0.05, 0.1) is 12.4 Å². The number of hydrogen-bond donors (Lipinski definition) is 0. The molecule has 94 valence electrons. The van der Waals surface area contributed by atoms with Crippen molar-refractivity contribution in [2.24, 2.45) is 0 Å². The van der Waals surface area contributed by atoms with Gasteiger partial charge in [-0.1, -0.05) is 13.3 Å². The van der Waals surface area contributed by atoms with Crippen LogP contribution in [0.5, 0.6) is 0 Å². The summed E-state index contributed by atoms with van der Waals surface area (Å²) >= 11 is 0. The van der Waals surface area contributed by atoms with Crippen LogP contribution in [0.3, 0.4) is 0 Å². The van der Waals surface area contributed by atoms with E-state index in [2.05, 4.69) is 11.8 Å². The SMILES string of the molecule is CC#CCCCCC(CCC)OS(C)(=O)=O. The van der Waals surface area contributed by atoms with Crippen LogP contribution in [-0.2, 0) is 14.3 Å². The van der Waals surface area contributed by atoms with E-state index < -0.39 is 10.1 Å². The summed E-state index contributed by atoms with van der Waals surface area (Å²) in [5.41, 5.74) is 0. The molecule has 0 rings (SSSR count). The molecule has 0 saturated carbocycles. The predicted octanol–water partition coefficient (Wildman–Crippen LogP) is 2.72. The molecular weight excluding hydrogens is 224 g/mol. The van der Waals surface area contributed by atoms with Crippen molar-refractivity contribution >= 4 is 10.1 Å². The highest BCUT2D eigenvalue weighted by Gasteiger charge is 2.13. The molecule has 0 aromatic rings. The van der Waals surface area contributed by atoms with Gasteiger partial charge < -0.3 is 0 Å². The highest BCUT2D eigenvalue weighted by Crippen LogP contribution is 2.13. The molecule has 4 heteroatoms. The molecule has 0 aromatic heterocycles. The lowest BCUT2D eigenvalue weighted by Crippen LogP contribution is -2.17. The average molecular weight is 246 g/mol. The summed E-state index contributed by atoms with van der Waals surface area (Å²) in [5.74, 6) is 5.84. The third kappa shape index (κ3) is 10.0. The molecule has 0 aromatic carbocycles. The first-order chi connectivity index (χ1) is 7.49. The number of hydrogen-bond acceptors (Lipinski definition) is 3. The molecule has 3 nitrogen and oxygen atoms in total. The summed E-state index contributed by atoms with van der Waals surface area (Å²) in [6.07, 6.45) is 6.35. The molecule has 0 radical (unpaired) electrons. The van der Waals surface area contributed by atoms with E-state index in [0.717, 1.165) is 44.8 Å². The van der Waals surface area contributed by atoms with Gasteiger partial charge in [-0.25, -0.2) is 0 Å². The number of rotatable bonds is 8. The average Bonchev–Trinajstić information content (AvgIpc) is 2.15. The summed E-state index contributed by atoms with van der Waals surface area (Å²) < 4.78 is 27.0. The molecular formula is C12H22O3S. The lowest BCUT2D eigenvalue weighted by molar-refractivity contribution is 0.185. The maximum absolute atomic E-state index is 11.0. The van der Waals surface area contributed by atoms with E-state index in [9.17, 15) is 8.42 Å². The molecule has 0 spiro atoms. The van der Waals surface area contributed by atoms with E-state index in [1.165, 1.54) is 0 Å². The molecule has 16 heavy (non-hydrogen) atoms. The second kappa shape index (κ2) is 8.60. The first-order valence-corrected chi connectivity index (χ1v) is 7.59. The van der Waals surface area contributed by atoms with Crippen LogP contribution in [0.1, 0.15) is 52.4 Å². The molecule has 0 saturated heterocycles. The van der Waals surface area contributed by atoms with Gasteiger partial charge in [0.15, 0.2) is 0 Å². The van der Waals surface area contributed by atoms with Gasteiger partial charge in [0.25, 0.3) is 10.1 Å². The van der Waals surface area contributed by atoms with Gasteiger partial charge in [-0.15, -0.1) is 11.8 Å². The molecule has 0 bridgehead atoms. The van der Waals surface area contributed by atoms with Crippen molar-refractivity contribution in [3.05, 3.63) is 0 Å². The van der Waals surface area contributed by atoms with Gasteiger partial charge in [0.1, 0.15) is 0 Å².